The molecule has 1 saturated heterocycles. The Balaban J connectivity index is 0.00000363. The van der Waals surface area contributed by atoms with Crippen LogP contribution in [0.2, 0.25) is 0 Å². The minimum absolute atomic E-state index is 0. The second-order valence-corrected chi connectivity index (χ2v) is 10.9. The van der Waals surface area contributed by atoms with Gasteiger partial charge in [-0.15, -0.1) is 0 Å². The SMILES string of the molecule is Cc1cc(C2CCN(S(=O)(=O)C(C)(C)C(=O)NO)CC2)ccc1-c1cccc(C#N)c1.[Pd]. The van der Waals surface area contributed by atoms with Crippen LogP contribution in [0.3, 0.4) is 0 Å². The molecule has 0 atom stereocenters. The first-order valence-corrected chi connectivity index (χ1v) is 11.6. The van der Waals surface area contributed by atoms with E-state index in [1.54, 1.807) is 6.07 Å². The quantitative estimate of drug-likeness (QED) is 0.339. The number of hydroxylamine groups is 1. The summed E-state index contributed by atoms with van der Waals surface area (Å²) >= 11 is 0. The van der Waals surface area contributed by atoms with Crippen LogP contribution in [0.25, 0.3) is 11.1 Å². The van der Waals surface area contributed by atoms with Gasteiger partial charge < -0.3 is 0 Å². The predicted molar refractivity (Wildman–Crippen MR) is 118 cm³/mol. The van der Waals surface area contributed by atoms with Crippen LogP contribution in [-0.4, -0.2) is 41.7 Å². The van der Waals surface area contributed by atoms with E-state index in [9.17, 15) is 13.2 Å². The summed E-state index contributed by atoms with van der Waals surface area (Å²) in [4.78, 5) is 11.9. The zero-order chi connectivity index (χ0) is 22.8. The molecule has 1 aliphatic heterocycles. The van der Waals surface area contributed by atoms with Crippen molar-refractivity contribution in [3.63, 3.8) is 0 Å². The first-order chi connectivity index (χ1) is 14.6. The number of amides is 1. The van der Waals surface area contributed by atoms with Gasteiger partial charge in [0.1, 0.15) is 0 Å². The number of hydrogen-bond donors (Lipinski definition) is 2. The topological polar surface area (TPSA) is 110 Å². The summed E-state index contributed by atoms with van der Waals surface area (Å²) in [5.74, 6) is -0.722. The average molecular weight is 548 g/mol. The van der Waals surface area contributed by atoms with Gasteiger partial charge in [-0.05, 0) is 73.9 Å². The number of rotatable bonds is 5. The van der Waals surface area contributed by atoms with Crippen LogP contribution >= 0.6 is 0 Å². The number of hydrogen-bond acceptors (Lipinski definition) is 5. The third-order valence-corrected chi connectivity index (χ3v) is 8.63. The number of sulfonamides is 1. The van der Waals surface area contributed by atoms with Gasteiger partial charge in [0.2, 0.25) is 10.0 Å². The molecule has 2 aromatic carbocycles. The van der Waals surface area contributed by atoms with Crippen LogP contribution in [0.4, 0.5) is 0 Å². The van der Waals surface area contributed by atoms with Gasteiger partial charge in [0, 0.05) is 33.5 Å². The van der Waals surface area contributed by atoms with Crippen LogP contribution in [0.1, 0.15) is 49.3 Å². The van der Waals surface area contributed by atoms with Crippen molar-refractivity contribution < 1.29 is 38.8 Å². The van der Waals surface area contributed by atoms with Crippen LogP contribution < -0.4 is 5.48 Å². The van der Waals surface area contributed by atoms with Gasteiger partial charge in [-0.2, -0.15) is 5.26 Å². The van der Waals surface area contributed by atoms with Crippen molar-refractivity contribution in [2.45, 2.75) is 44.3 Å². The van der Waals surface area contributed by atoms with Gasteiger partial charge in [0.05, 0.1) is 11.6 Å². The fraction of sp³-hybridized carbons (Fsp3) is 0.391. The molecule has 1 amide bonds. The number of piperidine rings is 1. The van der Waals surface area contributed by atoms with Gasteiger partial charge in [0.15, 0.2) is 4.75 Å². The maximum Gasteiger partial charge on any atom is 0.265 e. The third-order valence-electron chi connectivity index (χ3n) is 6.11. The van der Waals surface area contributed by atoms with Crippen molar-refractivity contribution in [2.75, 3.05) is 13.1 Å². The summed E-state index contributed by atoms with van der Waals surface area (Å²) in [7, 11) is -3.90. The molecular formula is C23H27N3O4PdS. The standard InChI is InChI=1S/C23H27N3O4S.Pd/c1-16-13-19(7-8-21(16)20-6-4-5-17(14-20)15-24)18-9-11-26(12-10-18)31(29,30)23(2,3)22(27)25-28;/h4-8,13-14,18,28H,9-12H2,1-3H3,(H,25,27);. The number of carbonyl (C=O) groups excluding carboxylic acids is 1. The summed E-state index contributed by atoms with van der Waals surface area (Å²) in [6, 6.07) is 15.9. The number of benzene rings is 2. The Kier molecular flexibility index (Phi) is 8.39. The molecular weight excluding hydrogens is 521 g/mol. The maximum atomic E-state index is 12.9. The van der Waals surface area contributed by atoms with Crippen LogP contribution in [0.5, 0.6) is 0 Å². The van der Waals surface area contributed by atoms with Crippen LogP contribution in [-0.2, 0) is 35.2 Å². The van der Waals surface area contributed by atoms with E-state index in [-0.39, 0.29) is 26.3 Å². The molecule has 0 unspecified atom stereocenters. The second-order valence-electron chi connectivity index (χ2n) is 8.40. The van der Waals surface area contributed by atoms with Gasteiger partial charge in [0.25, 0.3) is 5.91 Å². The Labute approximate surface area is 203 Å². The Bertz CT molecular complexity index is 1130. The number of nitrogens with one attached hydrogen (secondary N) is 1. The Morgan fingerprint density at radius 1 is 1.19 bits per heavy atom. The molecule has 9 heteroatoms. The van der Waals surface area contributed by atoms with E-state index in [4.69, 9.17) is 10.5 Å². The zero-order valence-corrected chi connectivity index (χ0v) is 20.6. The maximum absolute atomic E-state index is 12.9. The normalized spacial score (nSPS) is 15.5. The fourth-order valence-corrected chi connectivity index (χ4v) is 5.64. The van der Waals surface area contributed by atoms with E-state index in [1.165, 1.54) is 23.6 Å². The zero-order valence-electron chi connectivity index (χ0n) is 18.2. The number of aryl methyl sites for hydroxylation is 1. The summed E-state index contributed by atoms with van der Waals surface area (Å²) in [6.45, 7) is 5.26. The van der Waals surface area contributed by atoms with Crippen molar-refractivity contribution >= 4 is 15.9 Å². The molecule has 32 heavy (non-hydrogen) atoms. The minimum Gasteiger partial charge on any atom is -0.289 e. The molecule has 0 aromatic heterocycles. The van der Waals surface area contributed by atoms with Crippen molar-refractivity contribution in [1.82, 2.24) is 9.79 Å². The van der Waals surface area contributed by atoms with E-state index in [0.29, 0.717) is 31.5 Å². The van der Waals surface area contributed by atoms with Gasteiger partial charge in [-0.1, -0.05) is 30.3 Å². The number of nitriles is 1. The second kappa shape index (κ2) is 10.2. The van der Waals surface area contributed by atoms with Crippen LogP contribution in [0.15, 0.2) is 42.5 Å². The van der Waals surface area contributed by atoms with Crippen molar-refractivity contribution in [1.29, 1.82) is 5.26 Å². The Hall–Kier alpha value is -2.07. The van der Waals surface area contributed by atoms with E-state index in [2.05, 4.69) is 24.3 Å². The van der Waals surface area contributed by atoms with E-state index in [0.717, 1.165) is 22.3 Å². The molecule has 1 heterocycles. The Morgan fingerprint density at radius 3 is 2.41 bits per heavy atom. The molecule has 0 aliphatic carbocycles. The number of nitrogens with zero attached hydrogens (tertiary/aromatic N) is 2. The van der Waals surface area contributed by atoms with Gasteiger partial charge in [-0.3, -0.25) is 10.0 Å². The molecule has 2 N–H and O–H groups in total. The molecule has 0 spiro atoms. The smallest absolute Gasteiger partial charge is 0.265 e. The molecule has 0 radical (unpaired) electrons. The van der Waals surface area contributed by atoms with Crippen molar-refractivity contribution in [2.24, 2.45) is 0 Å². The van der Waals surface area contributed by atoms with Crippen LogP contribution in [0, 0.1) is 18.3 Å². The van der Waals surface area contributed by atoms with Crippen molar-refractivity contribution in [3.05, 3.63) is 59.2 Å². The summed E-state index contributed by atoms with van der Waals surface area (Å²) < 4.78 is 25.4. The Morgan fingerprint density at radius 2 is 1.84 bits per heavy atom. The fourth-order valence-electron chi connectivity index (χ4n) is 4.02. The largest absolute Gasteiger partial charge is 0.289 e. The van der Waals surface area contributed by atoms with Crippen molar-refractivity contribution in [3.8, 4) is 17.2 Å². The van der Waals surface area contributed by atoms with Gasteiger partial charge in [-0.25, -0.2) is 18.2 Å². The average Bonchev–Trinajstić information content (AvgIpc) is 2.78. The molecule has 7 nitrogen and oxygen atoms in total. The first-order valence-electron chi connectivity index (χ1n) is 10.2. The predicted octanol–water partition coefficient (Wildman–Crippen LogP) is 3.32. The molecule has 1 fully saturated rings. The van der Waals surface area contributed by atoms with E-state index < -0.39 is 20.7 Å². The minimum atomic E-state index is -3.90. The molecule has 1 aliphatic rings. The summed E-state index contributed by atoms with van der Waals surface area (Å²) in [5, 5.41) is 18.0. The summed E-state index contributed by atoms with van der Waals surface area (Å²) in [6.07, 6.45) is 1.30. The summed E-state index contributed by atoms with van der Waals surface area (Å²) in [5.41, 5.74) is 6.39. The molecule has 174 valence electrons. The first kappa shape index (κ1) is 26.2. The third kappa shape index (κ3) is 4.96. The molecule has 0 saturated carbocycles. The van der Waals surface area contributed by atoms with E-state index in [1.807, 2.05) is 25.1 Å². The van der Waals surface area contributed by atoms with E-state index >= 15 is 0 Å². The number of carbonyl (C=O) groups is 1. The monoisotopic (exact) mass is 547 g/mol. The van der Waals surface area contributed by atoms with Gasteiger partial charge >= 0.3 is 0 Å². The molecule has 0 bridgehead atoms. The molecule has 2 aromatic rings. The molecule has 3 rings (SSSR count).